The molecule has 2 fully saturated rings. The van der Waals surface area contributed by atoms with E-state index in [4.69, 9.17) is 5.26 Å². The number of nitriles is 1. The van der Waals surface area contributed by atoms with Crippen LogP contribution in [0.5, 0.6) is 0 Å². The largest absolute Gasteiger partial charge is 0.302 e. The Labute approximate surface area is 86.9 Å². The molecule has 0 bridgehead atoms. The molecular weight excluding hydrogens is 172 g/mol. The van der Waals surface area contributed by atoms with Gasteiger partial charge in [-0.05, 0) is 43.6 Å². The summed E-state index contributed by atoms with van der Waals surface area (Å²) in [6, 6.07) is 2.34. The Morgan fingerprint density at radius 1 is 1.50 bits per heavy atom. The predicted molar refractivity (Wildman–Crippen MR) is 56.7 cm³/mol. The van der Waals surface area contributed by atoms with E-state index >= 15 is 0 Å². The monoisotopic (exact) mass is 192 g/mol. The molecule has 1 aliphatic carbocycles. The van der Waals surface area contributed by atoms with Crippen LogP contribution >= 0.6 is 0 Å². The molecule has 1 atom stereocenters. The zero-order valence-corrected chi connectivity index (χ0v) is 9.13. The van der Waals surface area contributed by atoms with Crippen LogP contribution in [0.25, 0.3) is 0 Å². The van der Waals surface area contributed by atoms with Gasteiger partial charge in [-0.3, -0.25) is 0 Å². The van der Waals surface area contributed by atoms with Crippen molar-refractivity contribution >= 4 is 0 Å². The Balaban J connectivity index is 1.82. The molecule has 14 heavy (non-hydrogen) atoms. The number of hydrogen-bond donors (Lipinski definition) is 0. The van der Waals surface area contributed by atoms with Crippen LogP contribution in [-0.4, -0.2) is 24.5 Å². The van der Waals surface area contributed by atoms with Gasteiger partial charge in [0.1, 0.15) is 0 Å². The first-order valence-corrected chi connectivity index (χ1v) is 5.83. The summed E-state index contributed by atoms with van der Waals surface area (Å²) in [5, 5.41) is 8.75. The Morgan fingerprint density at radius 3 is 2.86 bits per heavy atom. The van der Waals surface area contributed by atoms with E-state index in [1.54, 1.807) is 0 Å². The lowest BCUT2D eigenvalue weighted by molar-refractivity contribution is 0.152. The first kappa shape index (κ1) is 9.98. The third-order valence-corrected chi connectivity index (χ3v) is 3.71. The molecular formula is C12H20N2. The summed E-state index contributed by atoms with van der Waals surface area (Å²) in [6.45, 7) is 6.05. The number of piperidine rings is 1. The molecule has 0 N–H and O–H groups in total. The van der Waals surface area contributed by atoms with Crippen LogP contribution in [0.3, 0.4) is 0 Å². The average Bonchev–Trinajstić information content (AvgIpc) is 2.85. The molecule has 0 aromatic rings. The Morgan fingerprint density at radius 2 is 2.29 bits per heavy atom. The molecule has 0 aromatic heterocycles. The molecule has 0 radical (unpaired) electrons. The van der Waals surface area contributed by atoms with Gasteiger partial charge in [-0.15, -0.1) is 0 Å². The summed E-state index contributed by atoms with van der Waals surface area (Å²) in [5.41, 5.74) is 0.409. The van der Waals surface area contributed by atoms with Crippen molar-refractivity contribution in [2.24, 2.45) is 11.3 Å². The van der Waals surface area contributed by atoms with Gasteiger partial charge in [0.05, 0.1) is 6.07 Å². The highest BCUT2D eigenvalue weighted by molar-refractivity contribution is 5.01. The zero-order chi connectivity index (χ0) is 10.0. The fourth-order valence-corrected chi connectivity index (χ4v) is 2.64. The highest BCUT2D eigenvalue weighted by Gasteiger charge is 2.43. The summed E-state index contributed by atoms with van der Waals surface area (Å²) >= 11 is 0. The molecule has 1 aliphatic heterocycles. The topological polar surface area (TPSA) is 27.0 Å². The van der Waals surface area contributed by atoms with E-state index in [2.05, 4.69) is 17.9 Å². The molecule has 0 spiro atoms. The van der Waals surface area contributed by atoms with E-state index < -0.39 is 0 Å². The third kappa shape index (κ3) is 2.27. The van der Waals surface area contributed by atoms with Gasteiger partial charge in [-0.2, -0.15) is 5.26 Å². The highest BCUT2D eigenvalue weighted by atomic mass is 15.1. The lowest BCUT2D eigenvalue weighted by atomic mass is 9.97. The van der Waals surface area contributed by atoms with Crippen LogP contribution < -0.4 is 0 Å². The van der Waals surface area contributed by atoms with Crippen molar-refractivity contribution in [1.82, 2.24) is 4.90 Å². The van der Waals surface area contributed by atoms with Crippen molar-refractivity contribution in [3.05, 3.63) is 0 Å². The lowest BCUT2D eigenvalue weighted by Gasteiger charge is -2.33. The molecule has 2 rings (SSSR count). The second-order valence-electron chi connectivity index (χ2n) is 5.32. The summed E-state index contributed by atoms with van der Waals surface area (Å²) in [5.74, 6) is 0.863. The van der Waals surface area contributed by atoms with Gasteiger partial charge in [-0.1, -0.05) is 6.92 Å². The maximum Gasteiger partial charge on any atom is 0.0628 e. The third-order valence-electron chi connectivity index (χ3n) is 3.71. The quantitative estimate of drug-likeness (QED) is 0.686. The molecule has 1 saturated heterocycles. The molecule has 2 aliphatic rings. The standard InChI is InChI=1S/C12H20N2/c1-11-3-2-8-14(9-11)10-12(4-5-12)6-7-13/h11H,2-6,8-10H2,1H3. The summed E-state index contributed by atoms with van der Waals surface area (Å²) in [4.78, 5) is 2.58. The Bertz CT molecular complexity index is 237. The fraction of sp³-hybridized carbons (Fsp3) is 0.917. The van der Waals surface area contributed by atoms with Crippen LogP contribution in [0.15, 0.2) is 0 Å². The van der Waals surface area contributed by atoms with Gasteiger partial charge in [0, 0.05) is 19.5 Å². The van der Waals surface area contributed by atoms with E-state index in [0.717, 1.165) is 12.3 Å². The van der Waals surface area contributed by atoms with Crippen molar-refractivity contribution in [1.29, 1.82) is 5.26 Å². The normalized spacial score (nSPS) is 31.0. The number of rotatable bonds is 3. The zero-order valence-electron chi connectivity index (χ0n) is 9.13. The molecule has 0 aromatic carbocycles. The van der Waals surface area contributed by atoms with Gasteiger partial charge in [0.15, 0.2) is 0 Å². The van der Waals surface area contributed by atoms with E-state index in [1.165, 1.54) is 45.3 Å². The Kier molecular flexibility index (Phi) is 2.78. The smallest absolute Gasteiger partial charge is 0.0628 e. The minimum absolute atomic E-state index is 0.409. The SMILES string of the molecule is CC1CCCN(CC2(CC#N)CC2)C1. The van der Waals surface area contributed by atoms with Crippen LogP contribution in [0.4, 0.5) is 0 Å². The van der Waals surface area contributed by atoms with Crippen molar-refractivity contribution < 1.29 is 0 Å². The minimum atomic E-state index is 0.409. The minimum Gasteiger partial charge on any atom is -0.302 e. The molecule has 2 heteroatoms. The second kappa shape index (κ2) is 3.90. The van der Waals surface area contributed by atoms with Crippen molar-refractivity contribution in [3.63, 3.8) is 0 Å². The van der Waals surface area contributed by atoms with Crippen molar-refractivity contribution in [2.45, 2.75) is 39.0 Å². The summed E-state index contributed by atoms with van der Waals surface area (Å²) < 4.78 is 0. The first-order chi connectivity index (χ1) is 6.74. The molecule has 2 nitrogen and oxygen atoms in total. The molecule has 78 valence electrons. The highest BCUT2D eigenvalue weighted by Crippen LogP contribution is 2.49. The lowest BCUT2D eigenvalue weighted by Crippen LogP contribution is -2.38. The fourth-order valence-electron chi connectivity index (χ4n) is 2.64. The van der Waals surface area contributed by atoms with E-state index in [1.807, 2.05) is 0 Å². The molecule has 1 unspecified atom stereocenters. The van der Waals surface area contributed by atoms with E-state index in [0.29, 0.717) is 5.41 Å². The Hall–Kier alpha value is -0.550. The predicted octanol–water partition coefficient (Wildman–Crippen LogP) is 2.41. The number of likely N-dealkylation sites (tertiary alicyclic amines) is 1. The summed E-state index contributed by atoms with van der Waals surface area (Å²) in [7, 11) is 0. The van der Waals surface area contributed by atoms with Gasteiger partial charge in [0.2, 0.25) is 0 Å². The van der Waals surface area contributed by atoms with Crippen LogP contribution in [0.1, 0.15) is 39.0 Å². The van der Waals surface area contributed by atoms with Gasteiger partial charge in [-0.25, -0.2) is 0 Å². The maximum absolute atomic E-state index is 8.75. The van der Waals surface area contributed by atoms with E-state index in [-0.39, 0.29) is 0 Å². The van der Waals surface area contributed by atoms with Crippen LogP contribution in [-0.2, 0) is 0 Å². The molecule has 0 amide bonds. The molecule has 1 heterocycles. The van der Waals surface area contributed by atoms with Gasteiger partial charge >= 0.3 is 0 Å². The second-order valence-corrected chi connectivity index (χ2v) is 5.32. The first-order valence-electron chi connectivity index (χ1n) is 5.83. The maximum atomic E-state index is 8.75. The summed E-state index contributed by atoms with van der Waals surface area (Å²) in [6.07, 6.45) is 6.08. The average molecular weight is 192 g/mol. The van der Waals surface area contributed by atoms with Crippen LogP contribution in [0, 0.1) is 22.7 Å². The van der Waals surface area contributed by atoms with Crippen molar-refractivity contribution in [2.75, 3.05) is 19.6 Å². The van der Waals surface area contributed by atoms with Crippen LogP contribution in [0.2, 0.25) is 0 Å². The molecule has 1 saturated carbocycles. The van der Waals surface area contributed by atoms with E-state index in [9.17, 15) is 0 Å². The number of hydrogen-bond acceptors (Lipinski definition) is 2. The number of nitrogens with zero attached hydrogens (tertiary/aromatic N) is 2. The van der Waals surface area contributed by atoms with Gasteiger partial charge in [0.25, 0.3) is 0 Å². The van der Waals surface area contributed by atoms with Gasteiger partial charge < -0.3 is 4.90 Å². The van der Waals surface area contributed by atoms with Crippen molar-refractivity contribution in [3.8, 4) is 6.07 Å².